The van der Waals surface area contributed by atoms with Crippen LogP contribution in [0.2, 0.25) is 0 Å². The third-order valence-corrected chi connectivity index (χ3v) is 8.93. The average Bonchev–Trinajstić information content (AvgIpc) is 3.53. The van der Waals surface area contributed by atoms with Gasteiger partial charge < -0.3 is 4.90 Å². The highest BCUT2D eigenvalue weighted by Crippen LogP contribution is 2.39. The van der Waals surface area contributed by atoms with Crippen molar-refractivity contribution in [1.82, 2.24) is 19.9 Å². The van der Waals surface area contributed by atoms with E-state index >= 15 is 0 Å². The molecule has 0 spiro atoms. The summed E-state index contributed by atoms with van der Waals surface area (Å²) in [5.74, 6) is 1.16. The van der Waals surface area contributed by atoms with E-state index in [0.717, 1.165) is 43.5 Å². The molecule has 6 rings (SSSR count). The number of aromatic nitrogens is 3. The molecule has 5 nitrogen and oxygen atoms in total. The van der Waals surface area contributed by atoms with Crippen molar-refractivity contribution in [3.63, 3.8) is 0 Å². The molecule has 0 amide bonds. The maximum absolute atomic E-state index is 4.86. The molecule has 1 saturated heterocycles. The minimum Gasteiger partial charge on any atom is -0.353 e. The van der Waals surface area contributed by atoms with Crippen molar-refractivity contribution in [2.24, 2.45) is 0 Å². The highest BCUT2D eigenvalue weighted by molar-refractivity contribution is 7.19. The van der Waals surface area contributed by atoms with Crippen molar-refractivity contribution in [1.29, 1.82) is 0 Å². The quantitative estimate of drug-likeness (QED) is 0.431. The van der Waals surface area contributed by atoms with Crippen LogP contribution in [0, 0.1) is 0 Å². The van der Waals surface area contributed by atoms with Crippen LogP contribution in [0.4, 0.5) is 5.82 Å². The van der Waals surface area contributed by atoms with Gasteiger partial charge in [0.15, 0.2) is 0 Å². The van der Waals surface area contributed by atoms with Gasteiger partial charge in [-0.3, -0.25) is 4.90 Å². The number of hydrogen-bond donors (Lipinski definition) is 0. The fraction of sp³-hybridized carbons (Fsp3) is 0.409. The molecule has 0 N–H and O–H groups in total. The summed E-state index contributed by atoms with van der Waals surface area (Å²) in [6.45, 7) is 5.05. The van der Waals surface area contributed by atoms with Crippen molar-refractivity contribution >= 4 is 50.0 Å². The lowest BCUT2D eigenvalue weighted by molar-refractivity contribution is 0.247. The van der Waals surface area contributed by atoms with Gasteiger partial charge in [0, 0.05) is 53.9 Å². The van der Waals surface area contributed by atoms with Crippen LogP contribution in [-0.2, 0) is 19.4 Å². The summed E-state index contributed by atoms with van der Waals surface area (Å²) in [6, 6.07) is 2.15. The SMILES string of the molecule is c1nc(N2CCN(Cc3csc(-c4ccsc4)n3)CC2)c2c3c(sc2n1)CCCC3. The number of aryl methyl sites for hydroxylation is 2. The summed E-state index contributed by atoms with van der Waals surface area (Å²) in [7, 11) is 0. The van der Waals surface area contributed by atoms with E-state index in [1.54, 1.807) is 33.9 Å². The standard InChI is InChI=1S/C22H23N5S3/c1-2-4-18-17(3-1)19-20(23-14-24-22(19)30-18)27-8-6-26(7-9-27)11-16-13-29-21(25-16)15-5-10-28-12-15/h5,10,12-14H,1-4,6-9,11H2. The molecular formula is C22H23N5S3. The van der Waals surface area contributed by atoms with Crippen molar-refractivity contribution in [3.05, 3.63) is 44.7 Å². The predicted molar refractivity (Wildman–Crippen MR) is 127 cm³/mol. The summed E-state index contributed by atoms with van der Waals surface area (Å²) >= 11 is 5.37. The summed E-state index contributed by atoms with van der Waals surface area (Å²) in [5.41, 5.74) is 3.96. The van der Waals surface area contributed by atoms with Gasteiger partial charge >= 0.3 is 0 Å². The van der Waals surface area contributed by atoms with Crippen molar-refractivity contribution in [2.45, 2.75) is 32.2 Å². The van der Waals surface area contributed by atoms with Gasteiger partial charge in [-0.15, -0.1) is 22.7 Å². The normalized spacial score (nSPS) is 17.5. The van der Waals surface area contributed by atoms with Gasteiger partial charge in [0.25, 0.3) is 0 Å². The lowest BCUT2D eigenvalue weighted by Gasteiger charge is -2.35. The Morgan fingerprint density at radius 3 is 2.77 bits per heavy atom. The zero-order valence-electron chi connectivity index (χ0n) is 16.7. The molecular weight excluding hydrogens is 430 g/mol. The predicted octanol–water partition coefficient (Wildman–Crippen LogP) is 5.08. The second kappa shape index (κ2) is 8.00. The van der Waals surface area contributed by atoms with E-state index < -0.39 is 0 Å². The zero-order valence-corrected chi connectivity index (χ0v) is 19.2. The highest BCUT2D eigenvalue weighted by Gasteiger charge is 2.25. The number of thiazole rings is 1. The molecule has 154 valence electrons. The van der Waals surface area contributed by atoms with Crippen LogP contribution in [0.5, 0.6) is 0 Å². The Kier molecular flexibility index (Phi) is 5.03. The van der Waals surface area contributed by atoms with Crippen molar-refractivity contribution < 1.29 is 0 Å². The lowest BCUT2D eigenvalue weighted by Crippen LogP contribution is -2.46. The molecule has 1 fully saturated rings. The molecule has 0 atom stereocenters. The molecule has 0 unspecified atom stereocenters. The summed E-state index contributed by atoms with van der Waals surface area (Å²) in [5, 5.41) is 8.98. The van der Waals surface area contributed by atoms with Gasteiger partial charge in [-0.1, -0.05) is 0 Å². The second-order valence-electron chi connectivity index (χ2n) is 8.01. The Morgan fingerprint density at radius 2 is 1.90 bits per heavy atom. The summed E-state index contributed by atoms with van der Waals surface area (Å²) in [6.07, 6.45) is 6.76. The van der Waals surface area contributed by atoms with E-state index in [9.17, 15) is 0 Å². The average molecular weight is 454 g/mol. The number of rotatable bonds is 4. The molecule has 0 saturated carbocycles. The van der Waals surface area contributed by atoms with Crippen molar-refractivity contribution in [2.75, 3.05) is 31.1 Å². The Hall–Kier alpha value is -1.87. The number of fused-ring (bicyclic) bond motifs is 3. The largest absolute Gasteiger partial charge is 0.353 e. The van der Waals surface area contributed by atoms with Gasteiger partial charge in [0.05, 0.1) is 11.1 Å². The van der Waals surface area contributed by atoms with Crippen LogP contribution in [0.1, 0.15) is 29.0 Å². The number of piperazine rings is 1. The van der Waals surface area contributed by atoms with E-state index in [0.29, 0.717) is 0 Å². The zero-order chi connectivity index (χ0) is 19.9. The molecule has 8 heteroatoms. The van der Waals surface area contributed by atoms with Crippen LogP contribution in [0.25, 0.3) is 20.8 Å². The first kappa shape index (κ1) is 18.9. The molecule has 0 aromatic carbocycles. The molecule has 4 aromatic rings. The molecule has 2 aliphatic rings. The van der Waals surface area contributed by atoms with Crippen LogP contribution in [-0.4, -0.2) is 46.0 Å². The number of anilines is 1. The Balaban J connectivity index is 1.16. The first-order valence-electron chi connectivity index (χ1n) is 10.5. The third-order valence-electron chi connectivity index (χ3n) is 6.11. The maximum atomic E-state index is 4.86. The van der Waals surface area contributed by atoms with E-state index in [-0.39, 0.29) is 0 Å². The van der Waals surface area contributed by atoms with Crippen molar-refractivity contribution in [3.8, 4) is 10.6 Å². The van der Waals surface area contributed by atoms with E-state index in [4.69, 9.17) is 9.97 Å². The Labute approximate surface area is 188 Å². The summed E-state index contributed by atoms with van der Waals surface area (Å²) < 4.78 is 0. The fourth-order valence-corrected chi connectivity index (χ4v) is 7.31. The monoisotopic (exact) mass is 453 g/mol. The van der Waals surface area contributed by atoms with Crippen LogP contribution < -0.4 is 4.90 Å². The molecule has 30 heavy (non-hydrogen) atoms. The molecule has 1 aliphatic heterocycles. The van der Waals surface area contributed by atoms with Gasteiger partial charge in [0.2, 0.25) is 0 Å². The van der Waals surface area contributed by atoms with Crippen LogP contribution >= 0.6 is 34.0 Å². The molecule has 0 radical (unpaired) electrons. The van der Waals surface area contributed by atoms with Gasteiger partial charge in [-0.2, -0.15) is 11.3 Å². The van der Waals surface area contributed by atoms with E-state index in [1.165, 1.54) is 52.7 Å². The fourth-order valence-electron chi connectivity index (χ4n) is 4.56. The first-order chi connectivity index (χ1) is 14.8. The van der Waals surface area contributed by atoms with E-state index in [2.05, 4.69) is 37.0 Å². The number of nitrogens with zero attached hydrogens (tertiary/aromatic N) is 5. The van der Waals surface area contributed by atoms with Crippen LogP contribution in [0.15, 0.2) is 28.5 Å². The second-order valence-corrected chi connectivity index (χ2v) is 10.7. The molecule has 4 aromatic heterocycles. The lowest BCUT2D eigenvalue weighted by atomic mass is 9.97. The van der Waals surface area contributed by atoms with E-state index in [1.807, 2.05) is 11.3 Å². The van der Waals surface area contributed by atoms with Gasteiger partial charge in [-0.25, -0.2) is 15.0 Å². The van der Waals surface area contributed by atoms with Gasteiger partial charge in [-0.05, 0) is 42.7 Å². The topological polar surface area (TPSA) is 45.2 Å². The summed E-state index contributed by atoms with van der Waals surface area (Å²) in [4.78, 5) is 21.9. The number of hydrogen-bond acceptors (Lipinski definition) is 8. The van der Waals surface area contributed by atoms with Crippen LogP contribution in [0.3, 0.4) is 0 Å². The number of thiophene rings is 2. The minimum absolute atomic E-state index is 0.932. The van der Waals surface area contributed by atoms with Gasteiger partial charge in [0.1, 0.15) is 22.0 Å². The molecule has 5 heterocycles. The third kappa shape index (κ3) is 3.45. The minimum atomic E-state index is 0.932. The Bertz CT molecular complexity index is 1160. The first-order valence-corrected chi connectivity index (χ1v) is 13.2. The molecule has 1 aliphatic carbocycles. The highest BCUT2D eigenvalue weighted by atomic mass is 32.1. The Morgan fingerprint density at radius 1 is 1.00 bits per heavy atom. The smallest absolute Gasteiger partial charge is 0.141 e. The maximum Gasteiger partial charge on any atom is 0.141 e. The molecule has 0 bridgehead atoms.